The molecule has 1 unspecified atom stereocenters. The molecular formula is C16H23NO3. The summed E-state index contributed by atoms with van der Waals surface area (Å²) in [7, 11) is 0. The molecule has 0 spiro atoms. The van der Waals surface area contributed by atoms with Gasteiger partial charge in [0.15, 0.2) is 11.5 Å². The minimum absolute atomic E-state index is 0.348. The Kier molecular flexibility index (Phi) is 4.43. The van der Waals surface area contributed by atoms with Crippen molar-refractivity contribution in [2.45, 2.75) is 44.7 Å². The van der Waals surface area contributed by atoms with Gasteiger partial charge in [-0.1, -0.05) is 6.07 Å². The Balaban J connectivity index is 1.46. The Morgan fingerprint density at radius 3 is 2.85 bits per heavy atom. The molecule has 4 nitrogen and oxygen atoms in total. The lowest BCUT2D eigenvalue weighted by atomic mass is 10.0. The van der Waals surface area contributed by atoms with Crippen LogP contribution in [0.15, 0.2) is 18.2 Å². The van der Waals surface area contributed by atoms with Gasteiger partial charge in [0.25, 0.3) is 0 Å². The maximum atomic E-state index is 5.42. The van der Waals surface area contributed by atoms with Crippen LogP contribution >= 0.6 is 0 Å². The first-order valence-electron chi connectivity index (χ1n) is 7.53. The van der Waals surface area contributed by atoms with Gasteiger partial charge in [-0.25, -0.2) is 0 Å². The Bertz CT molecular complexity index is 443. The van der Waals surface area contributed by atoms with Crippen LogP contribution in [0.4, 0.5) is 0 Å². The fourth-order valence-corrected chi connectivity index (χ4v) is 2.83. The van der Waals surface area contributed by atoms with Crippen LogP contribution in [-0.4, -0.2) is 32.1 Å². The van der Waals surface area contributed by atoms with Crippen molar-refractivity contribution in [1.29, 1.82) is 0 Å². The highest BCUT2D eigenvalue weighted by Gasteiger charge is 2.16. The molecule has 0 amide bonds. The van der Waals surface area contributed by atoms with Gasteiger partial charge in [0.2, 0.25) is 6.79 Å². The van der Waals surface area contributed by atoms with E-state index in [1.165, 1.54) is 5.56 Å². The number of rotatable bonds is 5. The second-order valence-electron chi connectivity index (χ2n) is 5.68. The number of hydrogen-bond donors (Lipinski definition) is 1. The number of nitrogens with one attached hydrogen (secondary N) is 1. The zero-order valence-corrected chi connectivity index (χ0v) is 12.1. The normalized spacial score (nSPS) is 20.1. The van der Waals surface area contributed by atoms with Gasteiger partial charge in [0.1, 0.15) is 0 Å². The lowest BCUT2D eigenvalue weighted by Gasteiger charge is -2.26. The standard InChI is InChI=1S/C16H23NO3/c1-12(17-14-6-8-18-9-7-14)2-3-13-4-5-15-16(10-13)20-11-19-15/h4-5,10,12,14,17H,2-3,6-9,11H2,1H3. The van der Waals surface area contributed by atoms with E-state index in [1.807, 2.05) is 6.07 Å². The fraction of sp³-hybridized carbons (Fsp3) is 0.625. The maximum absolute atomic E-state index is 5.42. The van der Waals surface area contributed by atoms with Crippen molar-refractivity contribution in [1.82, 2.24) is 5.32 Å². The van der Waals surface area contributed by atoms with E-state index in [0.29, 0.717) is 18.9 Å². The molecule has 0 aliphatic carbocycles. The van der Waals surface area contributed by atoms with Crippen LogP contribution in [0.25, 0.3) is 0 Å². The minimum atomic E-state index is 0.348. The largest absolute Gasteiger partial charge is 0.454 e. The van der Waals surface area contributed by atoms with Gasteiger partial charge in [-0.3, -0.25) is 0 Å². The lowest BCUT2D eigenvalue weighted by Crippen LogP contribution is -2.40. The predicted octanol–water partition coefficient (Wildman–Crippen LogP) is 2.51. The number of hydrogen-bond acceptors (Lipinski definition) is 4. The molecule has 1 atom stereocenters. The average Bonchev–Trinajstić information content (AvgIpc) is 2.93. The van der Waals surface area contributed by atoms with E-state index in [4.69, 9.17) is 14.2 Å². The molecule has 1 fully saturated rings. The van der Waals surface area contributed by atoms with E-state index in [2.05, 4.69) is 24.4 Å². The molecule has 1 N–H and O–H groups in total. The molecule has 0 aromatic heterocycles. The highest BCUT2D eigenvalue weighted by Crippen LogP contribution is 2.32. The van der Waals surface area contributed by atoms with E-state index in [1.54, 1.807) is 0 Å². The average molecular weight is 277 g/mol. The second kappa shape index (κ2) is 6.46. The van der Waals surface area contributed by atoms with Crippen LogP contribution in [-0.2, 0) is 11.2 Å². The molecule has 110 valence electrons. The van der Waals surface area contributed by atoms with Crippen LogP contribution in [0.3, 0.4) is 0 Å². The van der Waals surface area contributed by atoms with Gasteiger partial charge < -0.3 is 19.5 Å². The summed E-state index contributed by atoms with van der Waals surface area (Å²) in [5.74, 6) is 1.75. The third-order valence-corrected chi connectivity index (χ3v) is 4.04. The summed E-state index contributed by atoms with van der Waals surface area (Å²) in [6, 6.07) is 7.39. The quantitative estimate of drug-likeness (QED) is 0.897. The summed E-state index contributed by atoms with van der Waals surface area (Å²) < 4.78 is 16.1. The summed E-state index contributed by atoms with van der Waals surface area (Å²) >= 11 is 0. The van der Waals surface area contributed by atoms with Crippen LogP contribution in [0, 0.1) is 0 Å². The third kappa shape index (κ3) is 3.44. The molecule has 0 bridgehead atoms. The summed E-state index contributed by atoms with van der Waals surface area (Å²) in [5.41, 5.74) is 1.31. The monoisotopic (exact) mass is 277 g/mol. The summed E-state index contributed by atoms with van der Waals surface area (Å²) in [4.78, 5) is 0. The smallest absolute Gasteiger partial charge is 0.231 e. The Labute approximate surface area is 120 Å². The van der Waals surface area contributed by atoms with E-state index in [-0.39, 0.29) is 0 Å². The number of aryl methyl sites for hydroxylation is 1. The van der Waals surface area contributed by atoms with Gasteiger partial charge in [0, 0.05) is 25.3 Å². The number of fused-ring (bicyclic) bond motifs is 1. The second-order valence-corrected chi connectivity index (χ2v) is 5.68. The summed E-state index contributed by atoms with van der Waals surface area (Å²) in [5, 5.41) is 3.71. The zero-order valence-electron chi connectivity index (χ0n) is 12.1. The van der Waals surface area contributed by atoms with Gasteiger partial charge in [-0.05, 0) is 50.3 Å². The maximum Gasteiger partial charge on any atom is 0.231 e. The number of ether oxygens (including phenoxy) is 3. The summed E-state index contributed by atoms with van der Waals surface area (Å²) in [6.07, 6.45) is 4.47. The molecule has 4 heteroatoms. The highest BCUT2D eigenvalue weighted by molar-refractivity contribution is 5.44. The van der Waals surface area contributed by atoms with Crippen molar-refractivity contribution in [3.8, 4) is 11.5 Å². The van der Waals surface area contributed by atoms with E-state index < -0.39 is 0 Å². The van der Waals surface area contributed by atoms with Gasteiger partial charge >= 0.3 is 0 Å². The highest BCUT2D eigenvalue weighted by atomic mass is 16.7. The van der Waals surface area contributed by atoms with Crippen LogP contribution in [0.1, 0.15) is 31.7 Å². The third-order valence-electron chi connectivity index (χ3n) is 4.04. The topological polar surface area (TPSA) is 39.7 Å². The van der Waals surface area contributed by atoms with Crippen LogP contribution < -0.4 is 14.8 Å². The molecule has 1 aromatic carbocycles. The molecule has 3 rings (SSSR count). The first kappa shape index (κ1) is 13.7. The molecule has 0 saturated carbocycles. The lowest BCUT2D eigenvalue weighted by molar-refractivity contribution is 0.0752. The van der Waals surface area contributed by atoms with Crippen molar-refractivity contribution >= 4 is 0 Å². The van der Waals surface area contributed by atoms with E-state index in [0.717, 1.165) is 50.4 Å². The predicted molar refractivity (Wildman–Crippen MR) is 77.3 cm³/mol. The van der Waals surface area contributed by atoms with Crippen LogP contribution in [0.5, 0.6) is 11.5 Å². The van der Waals surface area contributed by atoms with Crippen molar-refractivity contribution in [3.05, 3.63) is 23.8 Å². The molecule has 0 radical (unpaired) electrons. The molecular weight excluding hydrogens is 254 g/mol. The Hall–Kier alpha value is -1.26. The Morgan fingerprint density at radius 2 is 2.00 bits per heavy atom. The molecule has 2 aliphatic rings. The van der Waals surface area contributed by atoms with Gasteiger partial charge in [0.05, 0.1) is 0 Å². The van der Waals surface area contributed by atoms with Gasteiger partial charge in [-0.2, -0.15) is 0 Å². The first-order valence-corrected chi connectivity index (χ1v) is 7.53. The minimum Gasteiger partial charge on any atom is -0.454 e. The summed E-state index contributed by atoms with van der Waals surface area (Å²) in [6.45, 7) is 4.40. The van der Waals surface area contributed by atoms with E-state index >= 15 is 0 Å². The number of benzene rings is 1. The zero-order chi connectivity index (χ0) is 13.8. The molecule has 1 aromatic rings. The van der Waals surface area contributed by atoms with Crippen molar-refractivity contribution < 1.29 is 14.2 Å². The SMILES string of the molecule is CC(CCc1ccc2c(c1)OCO2)NC1CCOCC1. The van der Waals surface area contributed by atoms with Crippen molar-refractivity contribution in [2.75, 3.05) is 20.0 Å². The van der Waals surface area contributed by atoms with Crippen LogP contribution in [0.2, 0.25) is 0 Å². The van der Waals surface area contributed by atoms with Crippen molar-refractivity contribution in [2.24, 2.45) is 0 Å². The molecule has 20 heavy (non-hydrogen) atoms. The van der Waals surface area contributed by atoms with Gasteiger partial charge in [-0.15, -0.1) is 0 Å². The molecule has 2 aliphatic heterocycles. The molecule has 1 saturated heterocycles. The van der Waals surface area contributed by atoms with E-state index in [9.17, 15) is 0 Å². The fourth-order valence-electron chi connectivity index (χ4n) is 2.83. The Morgan fingerprint density at radius 1 is 1.20 bits per heavy atom. The van der Waals surface area contributed by atoms with Crippen molar-refractivity contribution in [3.63, 3.8) is 0 Å². The first-order chi connectivity index (χ1) is 9.81. The molecule has 2 heterocycles.